The van der Waals surface area contributed by atoms with E-state index >= 15 is 0 Å². The maximum Gasteiger partial charge on any atom is 0.238 e. The highest BCUT2D eigenvalue weighted by Gasteiger charge is 2.19. The number of amides is 1. The summed E-state index contributed by atoms with van der Waals surface area (Å²) >= 11 is 0. The van der Waals surface area contributed by atoms with Crippen molar-refractivity contribution >= 4 is 39.1 Å². The molecule has 9 heteroatoms. The molecular weight excluding hydrogens is 476 g/mol. The van der Waals surface area contributed by atoms with Gasteiger partial charge in [-0.1, -0.05) is 12.1 Å². The van der Waals surface area contributed by atoms with E-state index in [1.165, 1.54) is 11.1 Å². The van der Waals surface area contributed by atoms with E-state index in [2.05, 4.69) is 72.7 Å². The fraction of sp³-hybridized carbons (Fsp3) is 0.276. The number of nitrogens with zero attached hydrogens (tertiary/aromatic N) is 5. The van der Waals surface area contributed by atoms with Crippen LogP contribution in [0.3, 0.4) is 0 Å². The van der Waals surface area contributed by atoms with Crippen LogP contribution < -0.4 is 10.2 Å². The number of likely N-dealkylation sites (N-methyl/N-ethyl adjacent to an activating group) is 2. The number of hydrogen-bond donors (Lipinski definition) is 3. The number of aromatic nitrogens is 4. The van der Waals surface area contributed by atoms with Crippen molar-refractivity contribution in [2.75, 3.05) is 64.1 Å². The average molecular weight is 509 g/mol. The molecule has 2 aromatic carbocycles. The van der Waals surface area contributed by atoms with Crippen LogP contribution in [0.4, 0.5) is 11.4 Å². The van der Waals surface area contributed by atoms with Crippen LogP contribution in [0.5, 0.6) is 0 Å². The van der Waals surface area contributed by atoms with E-state index in [4.69, 9.17) is 0 Å². The zero-order valence-corrected chi connectivity index (χ0v) is 22.0. The molecule has 0 bridgehead atoms. The first-order chi connectivity index (χ1) is 18.4. The first-order valence-corrected chi connectivity index (χ1v) is 12.9. The summed E-state index contributed by atoms with van der Waals surface area (Å²) < 4.78 is 0. The van der Waals surface area contributed by atoms with Gasteiger partial charge in [0.25, 0.3) is 0 Å². The molecule has 38 heavy (non-hydrogen) atoms. The molecule has 9 nitrogen and oxygen atoms in total. The van der Waals surface area contributed by atoms with Crippen molar-refractivity contribution < 1.29 is 4.79 Å². The van der Waals surface area contributed by atoms with Crippen molar-refractivity contribution in [2.24, 2.45) is 0 Å². The molecule has 1 aliphatic rings. The topological polar surface area (TPSA) is 96.2 Å². The summed E-state index contributed by atoms with van der Waals surface area (Å²) in [4.78, 5) is 26.9. The Morgan fingerprint density at radius 2 is 1.82 bits per heavy atom. The molecule has 4 heterocycles. The number of carbonyl (C=O) groups excluding carboxylic acids is 1. The monoisotopic (exact) mass is 508 g/mol. The molecule has 5 aromatic rings. The van der Waals surface area contributed by atoms with Crippen LogP contribution in [0.2, 0.25) is 0 Å². The van der Waals surface area contributed by atoms with Crippen LogP contribution in [0.1, 0.15) is 0 Å². The van der Waals surface area contributed by atoms with Gasteiger partial charge in [0.05, 0.1) is 29.6 Å². The standard InChI is InChI=1S/C29H32N8O/c1-35(2)18-28(38)31-21-13-20(16-30-17-21)19-7-8-25-23(14-19)29(34-33-25)26-15-22-24(32-26)5-4-6-27(22)37-11-9-36(3)10-12-37/h4-8,13-17,32H,9-12,18H2,1-3H3,(H,31,38)(H,33,34). The number of fused-ring (bicyclic) bond motifs is 2. The molecule has 0 aliphatic carbocycles. The number of hydrogen-bond acceptors (Lipinski definition) is 6. The Kier molecular flexibility index (Phi) is 6.30. The molecule has 0 saturated carbocycles. The number of H-pyrrole nitrogens is 2. The third-order valence-electron chi connectivity index (χ3n) is 7.12. The molecule has 194 valence electrons. The van der Waals surface area contributed by atoms with Gasteiger partial charge in [-0.05, 0) is 63.1 Å². The quantitative estimate of drug-likeness (QED) is 0.321. The second kappa shape index (κ2) is 9.92. The van der Waals surface area contributed by atoms with Crippen molar-refractivity contribution in [3.05, 3.63) is 60.9 Å². The van der Waals surface area contributed by atoms with Gasteiger partial charge in [0.15, 0.2) is 0 Å². The van der Waals surface area contributed by atoms with E-state index in [1.807, 2.05) is 43.4 Å². The van der Waals surface area contributed by atoms with Crippen molar-refractivity contribution in [2.45, 2.75) is 0 Å². The number of aromatic amines is 2. The third kappa shape index (κ3) is 4.73. The SMILES string of the molecule is CN(C)CC(=O)Nc1cncc(-c2ccc3[nH]nc(-c4cc5c(N6CCN(C)CC6)cccc5[nH]4)c3c2)c1. The maximum atomic E-state index is 12.2. The van der Waals surface area contributed by atoms with Gasteiger partial charge in [-0.15, -0.1) is 0 Å². The Labute approximate surface area is 221 Å². The predicted octanol–water partition coefficient (Wildman–Crippen LogP) is 4.03. The molecule has 0 radical (unpaired) electrons. The normalized spacial score (nSPS) is 14.6. The summed E-state index contributed by atoms with van der Waals surface area (Å²) in [5.41, 5.74) is 7.80. The van der Waals surface area contributed by atoms with E-state index < -0.39 is 0 Å². The van der Waals surface area contributed by atoms with Gasteiger partial charge in [0.1, 0.15) is 5.69 Å². The van der Waals surface area contributed by atoms with Gasteiger partial charge in [-0.3, -0.25) is 14.9 Å². The number of piperazine rings is 1. The lowest BCUT2D eigenvalue weighted by molar-refractivity contribution is -0.116. The molecule has 0 unspecified atom stereocenters. The van der Waals surface area contributed by atoms with Crippen LogP contribution in [0.25, 0.3) is 44.3 Å². The zero-order chi connectivity index (χ0) is 26.2. The fourth-order valence-electron chi connectivity index (χ4n) is 5.14. The molecule has 1 aliphatic heterocycles. The largest absolute Gasteiger partial charge is 0.368 e. The van der Waals surface area contributed by atoms with Gasteiger partial charge in [0, 0.05) is 59.9 Å². The first-order valence-electron chi connectivity index (χ1n) is 12.9. The number of anilines is 2. The van der Waals surface area contributed by atoms with Crippen LogP contribution in [-0.2, 0) is 4.79 Å². The van der Waals surface area contributed by atoms with Gasteiger partial charge in [0.2, 0.25) is 5.91 Å². The minimum atomic E-state index is -0.0729. The lowest BCUT2D eigenvalue weighted by Crippen LogP contribution is -2.44. The molecular formula is C29H32N8O. The van der Waals surface area contributed by atoms with E-state index in [0.29, 0.717) is 12.2 Å². The summed E-state index contributed by atoms with van der Waals surface area (Å²) in [5, 5.41) is 13.0. The lowest BCUT2D eigenvalue weighted by Gasteiger charge is -2.34. The Hall–Kier alpha value is -4.21. The number of nitrogens with one attached hydrogen (secondary N) is 3. The van der Waals surface area contributed by atoms with E-state index in [9.17, 15) is 4.79 Å². The smallest absolute Gasteiger partial charge is 0.238 e. The fourth-order valence-corrected chi connectivity index (χ4v) is 5.14. The zero-order valence-electron chi connectivity index (χ0n) is 22.0. The summed E-state index contributed by atoms with van der Waals surface area (Å²) in [7, 11) is 5.91. The van der Waals surface area contributed by atoms with Crippen molar-refractivity contribution in [3.63, 3.8) is 0 Å². The molecule has 0 atom stereocenters. The summed E-state index contributed by atoms with van der Waals surface area (Å²) in [6.45, 7) is 4.49. The Morgan fingerprint density at radius 1 is 0.974 bits per heavy atom. The second-order valence-corrected chi connectivity index (χ2v) is 10.3. The average Bonchev–Trinajstić information content (AvgIpc) is 3.52. The Morgan fingerprint density at radius 3 is 2.63 bits per heavy atom. The predicted molar refractivity (Wildman–Crippen MR) is 154 cm³/mol. The number of pyridine rings is 1. The van der Waals surface area contributed by atoms with Crippen LogP contribution >= 0.6 is 0 Å². The molecule has 3 N–H and O–H groups in total. The highest BCUT2D eigenvalue weighted by molar-refractivity contribution is 6.01. The van der Waals surface area contributed by atoms with Crippen LogP contribution in [-0.4, -0.2) is 89.7 Å². The number of benzene rings is 2. The van der Waals surface area contributed by atoms with Crippen LogP contribution in [0.15, 0.2) is 60.9 Å². The second-order valence-electron chi connectivity index (χ2n) is 10.3. The Bertz CT molecular complexity index is 1610. The van der Waals surface area contributed by atoms with Crippen LogP contribution in [0, 0.1) is 0 Å². The minimum Gasteiger partial charge on any atom is -0.368 e. The van der Waals surface area contributed by atoms with Crippen molar-refractivity contribution in [3.8, 4) is 22.5 Å². The van der Waals surface area contributed by atoms with E-state index in [1.54, 1.807) is 6.20 Å². The van der Waals surface area contributed by atoms with Crippen molar-refractivity contribution in [1.82, 2.24) is 30.0 Å². The van der Waals surface area contributed by atoms with Crippen molar-refractivity contribution in [1.29, 1.82) is 0 Å². The highest BCUT2D eigenvalue weighted by Crippen LogP contribution is 2.35. The van der Waals surface area contributed by atoms with Gasteiger partial charge in [-0.25, -0.2) is 0 Å². The number of rotatable bonds is 6. The first kappa shape index (κ1) is 24.1. The molecule has 1 amide bonds. The molecule has 1 fully saturated rings. The minimum absolute atomic E-state index is 0.0729. The van der Waals surface area contributed by atoms with Gasteiger partial charge in [-0.2, -0.15) is 5.10 Å². The Balaban J connectivity index is 1.34. The summed E-state index contributed by atoms with van der Waals surface area (Å²) in [6.07, 6.45) is 3.48. The lowest BCUT2D eigenvalue weighted by atomic mass is 10.0. The molecule has 6 rings (SSSR count). The molecule has 0 spiro atoms. The van der Waals surface area contributed by atoms with Gasteiger partial charge >= 0.3 is 0 Å². The highest BCUT2D eigenvalue weighted by atomic mass is 16.2. The maximum absolute atomic E-state index is 12.2. The number of carbonyl (C=O) groups is 1. The summed E-state index contributed by atoms with van der Waals surface area (Å²) in [5.74, 6) is -0.0729. The van der Waals surface area contributed by atoms with E-state index in [-0.39, 0.29) is 5.91 Å². The molecule has 3 aromatic heterocycles. The van der Waals surface area contributed by atoms with E-state index in [0.717, 1.165) is 65.1 Å². The molecule has 1 saturated heterocycles. The summed E-state index contributed by atoms with van der Waals surface area (Å²) in [6, 6.07) is 16.8. The third-order valence-corrected chi connectivity index (χ3v) is 7.12. The van der Waals surface area contributed by atoms with Gasteiger partial charge < -0.3 is 25.0 Å².